The number of likely N-dealkylation sites (N-methyl/N-ethyl adjacent to an activating group) is 1. The molecule has 0 aliphatic rings. The number of rotatable bonds is 5. The quantitative estimate of drug-likeness (QED) is 0.805. The molecule has 1 aromatic heterocycles. The molecule has 0 saturated heterocycles. The first-order chi connectivity index (χ1) is 10.9. The molecule has 0 saturated carbocycles. The fourth-order valence-corrected chi connectivity index (χ4v) is 2.40. The number of carbonyl (C=O) groups excluding carboxylic acids is 1. The SMILES string of the molecule is CCN(CC(=O)c1c(N)n(C)c(=O)n(C)c1=O)c1ccccc1. The molecular weight excluding hydrogens is 296 g/mol. The maximum atomic E-state index is 12.6. The van der Waals surface area contributed by atoms with Gasteiger partial charge in [0.15, 0.2) is 5.78 Å². The molecule has 0 unspecified atom stereocenters. The molecule has 0 fully saturated rings. The van der Waals surface area contributed by atoms with E-state index in [2.05, 4.69) is 0 Å². The molecule has 7 nitrogen and oxygen atoms in total. The summed E-state index contributed by atoms with van der Waals surface area (Å²) in [6, 6.07) is 9.42. The van der Waals surface area contributed by atoms with Crippen LogP contribution >= 0.6 is 0 Å². The lowest BCUT2D eigenvalue weighted by molar-refractivity contribution is 0.0997. The van der Waals surface area contributed by atoms with E-state index >= 15 is 0 Å². The van der Waals surface area contributed by atoms with Gasteiger partial charge in [0.1, 0.15) is 11.4 Å². The lowest BCUT2D eigenvalue weighted by Crippen LogP contribution is -2.43. The van der Waals surface area contributed by atoms with Crippen LogP contribution in [0.15, 0.2) is 39.9 Å². The molecule has 0 bridgehead atoms. The number of nitrogens with zero attached hydrogens (tertiary/aromatic N) is 3. The summed E-state index contributed by atoms with van der Waals surface area (Å²) < 4.78 is 2.00. The van der Waals surface area contributed by atoms with Crippen molar-refractivity contribution in [2.75, 3.05) is 23.7 Å². The zero-order valence-corrected chi connectivity index (χ0v) is 13.4. The Kier molecular flexibility index (Phi) is 4.68. The van der Waals surface area contributed by atoms with Crippen molar-refractivity contribution in [2.45, 2.75) is 6.92 Å². The molecule has 0 atom stereocenters. The number of carbonyl (C=O) groups is 1. The van der Waals surface area contributed by atoms with E-state index in [9.17, 15) is 14.4 Å². The number of anilines is 2. The minimum atomic E-state index is -0.667. The van der Waals surface area contributed by atoms with Crippen LogP contribution in [0.4, 0.5) is 11.5 Å². The number of benzene rings is 1. The van der Waals surface area contributed by atoms with Crippen molar-refractivity contribution >= 4 is 17.3 Å². The summed E-state index contributed by atoms with van der Waals surface area (Å²) in [7, 11) is 2.76. The van der Waals surface area contributed by atoms with E-state index in [0.717, 1.165) is 14.8 Å². The summed E-state index contributed by atoms with van der Waals surface area (Å²) in [5.41, 5.74) is 5.33. The Hall–Kier alpha value is -2.83. The molecule has 2 N–H and O–H groups in total. The second-order valence-corrected chi connectivity index (χ2v) is 5.24. The Morgan fingerprint density at radius 1 is 1.13 bits per heavy atom. The highest BCUT2D eigenvalue weighted by atomic mass is 16.2. The van der Waals surface area contributed by atoms with Crippen LogP contribution in [0.3, 0.4) is 0 Å². The van der Waals surface area contributed by atoms with E-state index in [0.29, 0.717) is 6.54 Å². The van der Waals surface area contributed by atoms with Crippen molar-refractivity contribution < 1.29 is 4.79 Å². The van der Waals surface area contributed by atoms with E-state index < -0.39 is 17.0 Å². The van der Waals surface area contributed by atoms with Crippen LogP contribution in [0.1, 0.15) is 17.3 Å². The van der Waals surface area contributed by atoms with Crippen molar-refractivity contribution in [3.8, 4) is 0 Å². The average Bonchev–Trinajstić information content (AvgIpc) is 2.57. The number of ketones is 1. The molecule has 23 heavy (non-hydrogen) atoms. The van der Waals surface area contributed by atoms with Crippen molar-refractivity contribution in [2.24, 2.45) is 14.1 Å². The van der Waals surface area contributed by atoms with Crippen molar-refractivity contribution in [1.29, 1.82) is 0 Å². The summed E-state index contributed by atoms with van der Waals surface area (Å²) in [4.78, 5) is 38.5. The Morgan fingerprint density at radius 2 is 1.74 bits per heavy atom. The Labute approximate surface area is 133 Å². The second kappa shape index (κ2) is 6.51. The van der Waals surface area contributed by atoms with E-state index in [-0.39, 0.29) is 17.9 Å². The topological polar surface area (TPSA) is 90.3 Å². The van der Waals surface area contributed by atoms with Crippen molar-refractivity contribution in [1.82, 2.24) is 9.13 Å². The predicted molar refractivity (Wildman–Crippen MR) is 90.0 cm³/mol. The van der Waals surface area contributed by atoms with E-state index in [1.54, 1.807) is 0 Å². The van der Waals surface area contributed by atoms with E-state index in [1.807, 2.05) is 42.2 Å². The molecule has 2 rings (SSSR count). The van der Waals surface area contributed by atoms with Gasteiger partial charge >= 0.3 is 5.69 Å². The summed E-state index contributed by atoms with van der Waals surface area (Å²) in [5, 5.41) is 0. The van der Waals surface area contributed by atoms with Crippen LogP contribution in [0, 0.1) is 0 Å². The van der Waals surface area contributed by atoms with Gasteiger partial charge in [-0.3, -0.25) is 18.7 Å². The standard InChI is InChI=1S/C16H20N4O3/c1-4-20(11-8-6-5-7-9-11)10-12(21)13-14(17)18(2)16(23)19(3)15(13)22/h5-9H,4,10,17H2,1-3H3. The van der Waals surface area contributed by atoms with Crippen molar-refractivity contribution in [3.63, 3.8) is 0 Å². The van der Waals surface area contributed by atoms with Crippen LogP contribution in [0.2, 0.25) is 0 Å². The highest BCUT2D eigenvalue weighted by Gasteiger charge is 2.21. The number of hydrogen-bond donors (Lipinski definition) is 1. The van der Waals surface area contributed by atoms with Gasteiger partial charge in [-0.1, -0.05) is 18.2 Å². The summed E-state index contributed by atoms with van der Waals surface area (Å²) in [6.45, 7) is 2.53. The van der Waals surface area contributed by atoms with Crippen LogP contribution in [-0.2, 0) is 14.1 Å². The summed E-state index contributed by atoms with van der Waals surface area (Å²) >= 11 is 0. The minimum Gasteiger partial charge on any atom is -0.384 e. The van der Waals surface area contributed by atoms with Crippen LogP contribution < -0.4 is 21.9 Å². The molecule has 2 aromatic rings. The van der Waals surface area contributed by atoms with Gasteiger partial charge in [0, 0.05) is 26.3 Å². The van der Waals surface area contributed by atoms with E-state index in [1.165, 1.54) is 14.1 Å². The molecular formula is C16H20N4O3. The Bertz CT molecular complexity index is 837. The van der Waals surface area contributed by atoms with Gasteiger partial charge in [0.05, 0.1) is 6.54 Å². The monoisotopic (exact) mass is 316 g/mol. The van der Waals surface area contributed by atoms with Gasteiger partial charge in [-0.25, -0.2) is 4.79 Å². The Balaban J connectivity index is 2.42. The lowest BCUT2D eigenvalue weighted by atomic mass is 10.1. The first kappa shape index (κ1) is 16.5. The van der Waals surface area contributed by atoms with E-state index in [4.69, 9.17) is 5.73 Å². The molecule has 1 aromatic carbocycles. The molecule has 0 aliphatic heterocycles. The molecule has 0 aliphatic carbocycles. The predicted octanol–water partition coefficient (Wildman–Crippen LogP) is 0.375. The number of hydrogen-bond acceptors (Lipinski definition) is 5. The third kappa shape index (κ3) is 3.03. The number of nitrogens with two attached hydrogens (primary N) is 1. The lowest BCUT2D eigenvalue weighted by Gasteiger charge is -2.22. The average molecular weight is 316 g/mol. The van der Waals surface area contributed by atoms with Gasteiger partial charge in [-0.05, 0) is 19.1 Å². The van der Waals surface area contributed by atoms with Gasteiger partial charge in [0.25, 0.3) is 5.56 Å². The Morgan fingerprint density at radius 3 is 2.30 bits per heavy atom. The maximum Gasteiger partial charge on any atom is 0.332 e. The molecule has 0 radical (unpaired) electrons. The smallest absolute Gasteiger partial charge is 0.332 e. The number of nitrogen functional groups attached to an aromatic ring is 1. The van der Waals surface area contributed by atoms with Crippen LogP contribution in [0.25, 0.3) is 0 Å². The molecule has 122 valence electrons. The third-order valence-corrected chi connectivity index (χ3v) is 3.83. The molecule has 0 amide bonds. The zero-order valence-electron chi connectivity index (χ0n) is 13.4. The highest BCUT2D eigenvalue weighted by Crippen LogP contribution is 2.14. The van der Waals surface area contributed by atoms with Gasteiger partial charge in [-0.2, -0.15) is 0 Å². The number of aromatic nitrogens is 2. The first-order valence-electron chi connectivity index (χ1n) is 7.27. The third-order valence-electron chi connectivity index (χ3n) is 3.83. The normalized spacial score (nSPS) is 10.6. The minimum absolute atomic E-state index is 0.0121. The van der Waals surface area contributed by atoms with Crippen molar-refractivity contribution in [3.05, 3.63) is 56.7 Å². The zero-order chi connectivity index (χ0) is 17.1. The summed E-state index contributed by atoms with van der Waals surface area (Å²) in [6.07, 6.45) is 0. The van der Waals surface area contributed by atoms with Gasteiger partial charge < -0.3 is 10.6 Å². The highest BCUT2D eigenvalue weighted by molar-refractivity contribution is 6.02. The fourth-order valence-electron chi connectivity index (χ4n) is 2.40. The molecule has 1 heterocycles. The molecule has 0 spiro atoms. The summed E-state index contributed by atoms with van der Waals surface area (Å²) in [5.74, 6) is -0.517. The largest absolute Gasteiger partial charge is 0.384 e. The number of para-hydroxylation sites is 1. The number of Topliss-reactive ketones (excluding diaryl/α,β-unsaturated/α-hetero) is 1. The first-order valence-corrected chi connectivity index (χ1v) is 7.27. The van der Waals surface area contributed by atoms with Crippen LogP contribution in [0.5, 0.6) is 0 Å². The van der Waals surface area contributed by atoms with Crippen LogP contribution in [-0.4, -0.2) is 28.0 Å². The fraction of sp³-hybridized carbons (Fsp3) is 0.312. The second-order valence-electron chi connectivity index (χ2n) is 5.24. The van der Waals surface area contributed by atoms with Gasteiger partial charge in [0.2, 0.25) is 0 Å². The molecule has 7 heteroatoms. The van der Waals surface area contributed by atoms with Gasteiger partial charge in [-0.15, -0.1) is 0 Å². The maximum absolute atomic E-state index is 12.6.